The topological polar surface area (TPSA) is 0 Å². The minimum atomic E-state index is -0.170. The van der Waals surface area contributed by atoms with Crippen molar-refractivity contribution in [3.05, 3.63) is 98.0 Å². The van der Waals surface area contributed by atoms with Gasteiger partial charge in [0.15, 0.2) is 0 Å². The highest BCUT2D eigenvalue weighted by atomic mass is 35.5. The van der Waals surface area contributed by atoms with Crippen LogP contribution in [-0.2, 0) is 0 Å². The summed E-state index contributed by atoms with van der Waals surface area (Å²) in [5.41, 5.74) is 2.13. The van der Waals surface area contributed by atoms with Gasteiger partial charge in [-0.15, -0.1) is 0 Å². The molecule has 0 bridgehead atoms. The van der Waals surface area contributed by atoms with Crippen molar-refractivity contribution in [2.24, 2.45) is 5.92 Å². The monoisotopic (exact) mass is 394 g/mol. The summed E-state index contributed by atoms with van der Waals surface area (Å²) in [6.45, 7) is 0. The van der Waals surface area contributed by atoms with Crippen LogP contribution in [-0.4, -0.2) is 0 Å². The van der Waals surface area contributed by atoms with Gasteiger partial charge in [0.2, 0.25) is 0 Å². The zero-order valence-electron chi connectivity index (χ0n) is 12.6. The Morgan fingerprint density at radius 2 is 1.21 bits per heavy atom. The van der Waals surface area contributed by atoms with Crippen molar-refractivity contribution in [2.45, 2.75) is 5.92 Å². The lowest BCUT2D eigenvalue weighted by molar-refractivity contribution is 0.675. The third kappa shape index (κ3) is 3.58. The lowest BCUT2D eigenvalue weighted by atomic mass is 9.82. The number of allylic oxidation sites excluding steroid dienone is 5. The second-order valence-corrected chi connectivity index (χ2v) is 7.08. The summed E-state index contributed by atoms with van der Waals surface area (Å²) in [6, 6.07) is 20.0. The lowest BCUT2D eigenvalue weighted by Crippen LogP contribution is -2.17. The molecule has 0 saturated heterocycles. The zero-order valence-corrected chi connectivity index (χ0v) is 15.6. The Labute approximate surface area is 162 Å². The van der Waals surface area contributed by atoms with Crippen LogP contribution in [0.25, 0.3) is 6.08 Å². The fraction of sp³-hybridized carbons (Fsp3) is 0.100. The van der Waals surface area contributed by atoms with Gasteiger partial charge in [0.25, 0.3) is 0 Å². The molecule has 0 saturated carbocycles. The first-order valence-corrected chi connectivity index (χ1v) is 8.99. The summed E-state index contributed by atoms with van der Waals surface area (Å²) in [4.78, 5) is 0. The Balaban J connectivity index is 2.05. The maximum atomic E-state index is 6.54. The molecule has 0 heterocycles. The van der Waals surface area contributed by atoms with E-state index in [1.165, 1.54) is 0 Å². The molecule has 2 aromatic carbocycles. The van der Waals surface area contributed by atoms with Gasteiger partial charge in [-0.25, -0.2) is 0 Å². The van der Waals surface area contributed by atoms with E-state index in [9.17, 15) is 0 Å². The summed E-state index contributed by atoms with van der Waals surface area (Å²) in [5, 5.41) is 1.66. The molecule has 4 heteroatoms. The summed E-state index contributed by atoms with van der Waals surface area (Å²) in [7, 11) is 0. The molecule has 0 amide bonds. The average Bonchev–Trinajstić information content (AvgIpc) is 2.63. The smallest absolute Gasteiger partial charge is 0.0756 e. The Kier molecular flexibility index (Phi) is 5.73. The van der Waals surface area contributed by atoms with Crippen molar-refractivity contribution in [3.63, 3.8) is 0 Å². The van der Waals surface area contributed by atoms with E-state index in [1.54, 1.807) is 0 Å². The van der Waals surface area contributed by atoms with E-state index in [0.29, 0.717) is 20.1 Å². The van der Waals surface area contributed by atoms with Crippen LogP contribution in [0, 0.1) is 5.92 Å². The largest absolute Gasteiger partial charge is 0.0868 e. The first-order valence-electron chi connectivity index (χ1n) is 7.48. The highest BCUT2D eigenvalue weighted by Crippen LogP contribution is 2.50. The third-order valence-corrected chi connectivity index (χ3v) is 5.93. The van der Waals surface area contributed by atoms with Crippen LogP contribution >= 0.6 is 46.4 Å². The lowest BCUT2D eigenvalue weighted by Gasteiger charge is -2.30. The molecule has 0 fully saturated rings. The van der Waals surface area contributed by atoms with Gasteiger partial charge < -0.3 is 0 Å². The van der Waals surface area contributed by atoms with E-state index >= 15 is 0 Å². The summed E-state index contributed by atoms with van der Waals surface area (Å²) in [5.74, 6) is -0.327. The van der Waals surface area contributed by atoms with E-state index < -0.39 is 0 Å². The molecule has 1 aliphatic carbocycles. The number of hydrogen-bond donors (Lipinski definition) is 0. The van der Waals surface area contributed by atoms with Gasteiger partial charge in [-0.2, -0.15) is 0 Å². The minimum Gasteiger partial charge on any atom is -0.0868 e. The van der Waals surface area contributed by atoms with Crippen molar-refractivity contribution in [1.29, 1.82) is 0 Å². The highest BCUT2D eigenvalue weighted by molar-refractivity contribution is 6.51. The molecule has 0 N–H and O–H groups in total. The molecule has 24 heavy (non-hydrogen) atoms. The number of rotatable bonds is 3. The maximum absolute atomic E-state index is 6.54. The predicted molar refractivity (Wildman–Crippen MR) is 106 cm³/mol. The van der Waals surface area contributed by atoms with Gasteiger partial charge in [-0.3, -0.25) is 0 Å². The molecular formula is C20H14Cl4. The van der Waals surface area contributed by atoms with Crippen LogP contribution in [0.2, 0.25) is 0 Å². The normalized spacial score (nSPS) is 21.7. The quantitative estimate of drug-likeness (QED) is 0.504. The minimum absolute atomic E-state index is 0.157. The second-order valence-electron chi connectivity index (χ2n) is 5.51. The van der Waals surface area contributed by atoms with Crippen molar-refractivity contribution >= 4 is 52.5 Å². The van der Waals surface area contributed by atoms with E-state index in [2.05, 4.69) is 0 Å². The molecule has 0 spiro atoms. The van der Waals surface area contributed by atoms with Crippen molar-refractivity contribution in [2.75, 3.05) is 0 Å². The van der Waals surface area contributed by atoms with Gasteiger partial charge in [0.05, 0.1) is 10.1 Å². The molecule has 0 nitrogen and oxygen atoms in total. The van der Waals surface area contributed by atoms with E-state index in [0.717, 1.165) is 11.1 Å². The van der Waals surface area contributed by atoms with Crippen LogP contribution in [0.4, 0.5) is 0 Å². The fourth-order valence-electron chi connectivity index (χ4n) is 2.79. The number of benzene rings is 2. The molecule has 3 rings (SSSR count). The molecule has 0 unspecified atom stereocenters. The SMILES string of the molecule is ClC1=C(Cl)[C@@H](/C=C/c2ccccc2)[C@@H](c2ccccc2)C(Cl)=C1Cl. The van der Waals surface area contributed by atoms with E-state index in [1.807, 2.05) is 72.8 Å². The highest BCUT2D eigenvalue weighted by Gasteiger charge is 2.35. The van der Waals surface area contributed by atoms with Crippen LogP contribution < -0.4 is 0 Å². The molecule has 0 radical (unpaired) electrons. The van der Waals surface area contributed by atoms with Gasteiger partial charge in [0, 0.05) is 21.9 Å². The van der Waals surface area contributed by atoms with Crippen molar-refractivity contribution in [1.82, 2.24) is 0 Å². The Hall–Kier alpha value is -1.18. The molecule has 0 aliphatic heterocycles. The summed E-state index contributed by atoms with van der Waals surface area (Å²) in [6.07, 6.45) is 4.06. The first kappa shape index (κ1) is 17.6. The molecular weight excluding hydrogens is 382 g/mol. The Bertz CT molecular complexity index is 804. The second kappa shape index (κ2) is 7.80. The van der Waals surface area contributed by atoms with Gasteiger partial charge >= 0.3 is 0 Å². The Morgan fingerprint density at radius 3 is 1.83 bits per heavy atom. The molecule has 2 atom stereocenters. The summed E-state index contributed by atoms with van der Waals surface area (Å²) < 4.78 is 0. The third-order valence-electron chi connectivity index (χ3n) is 3.99. The fourth-order valence-corrected chi connectivity index (χ4v) is 3.98. The molecule has 1 aliphatic rings. The van der Waals surface area contributed by atoms with Crippen LogP contribution in [0.3, 0.4) is 0 Å². The van der Waals surface area contributed by atoms with E-state index in [4.69, 9.17) is 46.4 Å². The predicted octanol–water partition coefficient (Wildman–Crippen LogP) is 7.49. The molecule has 0 aromatic heterocycles. The van der Waals surface area contributed by atoms with Crippen LogP contribution in [0.5, 0.6) is 0 Å². The van der Waals surface area contributed by atoms with Crippen molar-refractivity contribution in [3.8, 4) is 0 Å². The number of hydrogen-bond acceptors (Lipinski definition) is 0. The summed E-state index contributed by atoms with van der Waals surface area (Å²) >= 11 is 25.6. The number of halogens is 4. The first-order chi connectivity index (χ1) is 11.6. The van der Waals surface area contributed by atoms with E-state index in [-0.39, 0.29) is 11.8 Å². The van der Waals surface area contributed by atoms with Crippen LogP contribution in [0.1, 0.15) is 17.0 Å². The van der Waals surface area contributed by atoms with Gasteiger partial charge in [-0.05, 0) is 11.1 Å². The average molecular weight is 396 g/mol. The molecule has 2 aromatic rings. The van der Waals surface area contributed by atoms with Gasteiger partial charge in [0.1, 0.15) is 0 Å². The van der Waals surface area contributed by atoms with Crippen molar-refractivity contribution < 1.29 is 0 Å². The van der Waals surface area contributed by atoms with Crippen LogP contribution in [0.15, 0.2) is 86.9 Å². The standard InChI is InChI=1S/C20H14Cl4/c21-17-15(12-11-13-7-3-1-4-8-13)16(14-9-5-2-6-10-14)18(22)20(24)19(17)23/h1-12,15-16H/b12-11+/t15-,16+/m0/s1. The van der Waals surface area contributed by atoms with Gasteiger partial charge in [-0.1, -0.05) is 119 Å². The Morgan fingerprint density at radius 1 is 0.667 bits per heavy atom. The zero-order chi connectivity index (χ0) is 17.1. The maximum Gasteiger partial charge on any atom is 0.0756 e. The molecule has 122 valence electrons.